The highest BCUT2D eigenvalue weighted by molar-refractivity contribution is 7.07. The summed E-state index contributed by atoms with van der Waals surface area (Å²) in [5.41, 5.74) is 1.69. The lowest BCUT2D eigenvalue weighted by atomic mass is 9.95. The first-order chi connectivity index (χ1) is 20.2. The van der Waals surface area contributed by atoms with Crippen molar-refractivity contribution in [1.82, 2.24) is 4.57 Å². The average molecular weight is 589 g/mol. The van der Waals surface area contributed by atoms with Crippen LogP contribution in [0.3, 0.4) is 0 Å². The van der Waals surface area contributed by atoms with Crippen LogP contribution in [0, 0.1) is 0 Å². The fraction of sp³-hybridized carbons (Fsp3) is 0.226. The Morgan fingerprint density at radius 1 is 1.10 bits per heavy atom. The number of benzene rings is 2. The maximum atomic E-state index is 13.9. The van der Waals surface area contributed by atoms with Crippen LogP contribution < -0.4 is 24.4 Å². The van der Waals surface area contributed by atoms with E-state index in [-0.39, 0.29) is 23.3 Å². The van der Waals surface area contributed by atoms with Crippen LogP contribution >= 0.6 is 11.3 Å². The topological polar surface area (TPSA) is 130 Å². The predicted octanol–water partition coefficient (Wildman–Crippen LogP) is 4.16. The molecule has 5 rings (SSSR count). The smallest absolute Gasteiger partial charge is 0.338 e. The van der Waals surface area contributed by atoms with Crippen molar-refractivity contribution < 1.29 is 33.3 Å². The quantitative estimate of drug-likeness (QED) is 0.289. The molecule has 1 atom stereocenters. The van der Waals surface area contributed by atoms with E-state index in [1.807, 2.05) is 6.92 Å². The molecule has 0 saturated carbocycles. The lowest BCUT2D eigenvalue weighted by molar-refractivity contribution is -0.139. The van der Waals surface area contributed by atoms with Gasteiger partial charge in [0.1, 0.15) is 11.5 Å². The minimum atomic E-state index is -1.04. The van der Waals surface area contributed by atoms with Gasteiger partial charge in [-0.1, -0.05) is 29.5 Å². The van der Waals surface area contributed by atoms with Crippen LogP contribution in [-0.2, 0) is 9.53 Å². The number of allylic oxidation sites excluding steroid dienone is 1. The standard InChI is InChI=1S/C31H28N2O8S/c1-5-39-24-15-19(10-12-23(24)38-4)27-26(30(37)40-6-2)17(3)32-31-33(27)28(34)25(42-31)16-21-11-13-22(41-21)18-8-7-9-20(14-18)29(35)36/h7-16,27H,5-6H2,1-4H3,(H,35,36)/b25-16-/t27-/m0/s1. The molecule has 11 heteroatoms. The number of thiazole rings is 1. The van der Waals surface area contributed by atoms with Crippen molar-refractivity contribution >= 4 is 29.4 Å². The number of hydrogen-bond donors (Lipinski definition) is 1. The Balaban J connectivity index is 1.64. The zero-order valence-corrected chi connectivity index (χ0v) is 24.2. The molecule has 2 aromatic carbocycles. The number of carboxylic acid groups (broad SMARTS) is 1. The molecule has 2 aromatic heterocycles. The van der Waals surface area contributed by atoms with Gasteiger partial charge in [-0.25, -0.2) is 14.6 Å². The third-order valence-corrected chi connectivity index (χ3v) is 7.60. The van der Waals surface area contributed by atoms with Crippen LogP contribution in [0.5, 0.6) is 11.5 Å². The molecule has 0 bridgehead atoms. The van der Waals surface area contributed by atoms with Crippen LogP contribution in [0.2, 0.25) is 0 Å². The van der Waals surface area contributed by atoms with E-state index in [4.69, 9.17) is 18.6 Å². The summed E-state index contributed by atoms with van der Waals surface area (Å²) in [6.45, 7) is 5.84. The summed E-state index contributed by atoms with van der Waals surface area (Å²) in [5.74, 6) is 0.253. The number of nitrogens with zero attached hydrogens (tertiary/aromatic N) is 2. The second kappa shape index (κ2) is 11.9. The third-order valence-electron chi connectivity index (χ3n) is 6.61. The lowest BCUT2D eigenvalue weighted by Gasteiger charge is -2.25. The zero-order chi connectivity index (χ0) is 30.0. The number of hydrogen-bond acceptors (Lipinski definition) is 9. The fourth-order valence-electron chi connectivity index (χ4n) is 4.76. The molecule has 0 unspecified atom stereocenters. The summed E-state index contributed by atoms with van der Waals surface area (Å²) in [7, 11) is 1.54. The fourth-order valence-corrected chi connectivity index (χ4v) is 5.79. The van der Waals surface area contributed by atoms with Gasteiger partial charge in [0.15, 0.2) is 16.3 Å². The molecule has 216 valence electrons. The summed E-state index contributed by atoms with van der Waals surface area (Å²) in [6, 6.07) is 14.3. The molecule has 0 radical (unpaired) electrons. The van der Waals surface area contributed by atoms with Crippen molar-refractivity contribution in [2.24, 2.45) is 4.99 Å². The monoisotopic (exact) mass is 588 g/mol. The molecule has 0 saturated heterocycles. The number of methoxy groups -OCH3 is 1. The highest BCUT2D eigenvalue weighted by Gasteiger charge is 2.34. The normalized spacial score (nSPS) is 14.8. The van der Waals surface area contributed by atoms with Gasteiger partial charge in [0.25, 0.3) is 5.56 Å². The van der Waals surface area contributed by atoms with Gasteiger partial charge in [0, 0.05) is 11.6 Å². The van der Waals surface area contributed by atoms with Crippen LogP contribution in [0.25, 0.3) is 17.4 Å². The number of ether oxygens (including phenoxy) is 3. The molecule has 0 aliphatic carbocycles. The van der Waals surface area contributed by atoms with E-state index in [2.05, 4.69) is 4.99 Å². The van der Waals surface area contributed by atoms with Gasteiger partial charge >= 0.3 is 11.9 Å². The van der Waals surface area contributed by atoms with Crippen molar-refractivity contribution in [1.29, 1.82) is 0 Å². The Morgan fingerprint density at radius 2 is 1.90 bits per heavy atom. The second-order valence-electron chi connectivity index (χ2n) is 9.23. The van der Waals surface area contributed by atoms with Crippen LogP contribution in [-0.4, -0.2) is 41.9 Å². The first-order valence-electron chi connectivity index (χ1n) is 13.2. The Bertz CT molecular complexity index is 1900. The van der Waals surface area contributed by atoms with Crippen molar-refractivity contribution in [3.8, 4) is 22.8 Å². The van der Waals surface area contributed by atoms with E-state index in [9.17, 15) is 19.5 Å². The van der Waals surface area contributed by atoms with Crippen molar-refractivity contribution in [3.05, 3.63) is 102 Å². The van der Waals surface area contributed by atoms with E-state index in [1.165, 1.54) is 35.1 Å². The molecule has 42 heavy (non-hydrogen) atoms. The molecule has 10 nitrogen and oxygen atoms in total. The van der Waals surface area contributed by atoms with Gasteiger partial charge < -0.3 is 23.7 Å². The summed E-state index contributed by atoms with van der Waals surface area (Å²) in [5, 5.41) is 9.31. The van der Waals surface area contributed by atoms with Crippen LogP contribution in [0.4, 0.5) is 0 Å². The summed E-state index contributed by atoms with van der Waals surface area (Å²) in [6.07, 6.45) is 1.61. The largest absolute Gasteiger partial charge is 0.493 e. The maximum Gasteiger partial charge on any atom is 0.338 e. The first kappa shape index (κ1) is 28.6. The number of carboxylic acids is 1. The van der Waals surface area contributed by atoms with E-state index in [1.54, 1.807) is 62.4 Å². The number of carbonyl (C=O) groups is 2. The first-order valence-corrected chi connectivity index (χ1v) is 14.0. The third kappa shape index (κ3) is 5.38. The molecule has 4 aromatic rings. The Morgan fingerprint density at radius 3 is 2.62 bits per heavy atom. The molecule has 1 N–H and O–H groups in total. The molecule has 3 heterocycles. The highest BCUT2D eigenvalue weighted by atomic mass is 32.1. The van der Waals surface area contributed by atoms with Crippen LogP contribution in [0.1, 0.15) is 48.5 Å². The number of esters is 1. The number of carbonyl (C=O) groups excluding carboxylic acids is 1. The SMILES string of the molecule is CCOC(=O)C1=C(C)N=c2s/c(=C\c3ccc(-c4cccc(C(=O)O)c4)o3)c(=O)n2[C@H]1c1ccc(OC)c(OCC)c1. The minimum Gasteiger partial charge on any atom is -0.493 e. The lowest BCUT2D eigenvalue weighted by Crippen LogP contribution is -2.39. The molecule has 1 aliphatic rings. The molecule has 0 fully saturated rings. The van der Waals surface area contributed by atoms with Gasteiger partial charge in [-0.05, 0) is 62.7 Å². The van der Waals surface area contributed by atoms with Gasteiger partial charge in [-0.2, -0.15) is 0 Å². The van der Waals surface area contributed by atoms with E-state index in [0.29, 0.717) is 55.8 Å². The summed E-state index contributed by atoms with van der Waals surface area (Å²) >= 11 is 1.17. The molecule has 0 amide bonds. The number of fused-ring (bicyclic) bond motifs is 1. The number of aromatic nitrogens is 1. The summed E-state index contributed by atoms with van der Waals surface area (Å²) in [4.78, 5) is 43.5. The summed E-state index contributed by atoms with van der Waals surface area (Å²) < 4.78 is 24.3. The predicted molar refractivity (Wildman–Crippen MR) is 156 cm³/mol. The molecule has 0 spiro atoms. The van der Waals surface area contributed by atoms with Gasteiger partial charge in [0.2, 0.25) is 0 Å². The van der Waals surface area contributed by atoms with E-state index in [0.717, 1.165) is 0 Å². The van der Waals surface area contributed by atoms with Gasteiger partial charge in [0.05, 0.1) is 47.7 Å². The maximum absolute atomic E-state index is 13.9. The van der Waals surface area contributed by atoms with Gasteiger partial charge in [-0.3, -0.25) is 9.36 Å². The molecular weight excluding hydrogens is 560 g/mol. The van der Waals surface area contributed by atoms with Crippen molar-refractivity contribution in [2.45, 2.75) is 26.8 Å². The Hall–Kier alpha value is -4.90. The number of furan rings is 1. The highest BCUT2D eigenvalue weighted by Crippen LogP contribution is 2.36. The van der Waals surface area contributed by atoms with Crippen molar-refractivity contribution in [2.75, 3.05) is 20.3 Å². The number of aromatic carboxylic acids is 1. The average Bonchev–Trinajstić information content (AvgIpc) is 3.56. The van der Waals surface area contributed by atoms with Crippen LogP contribution in [0.15, 0.2) is 80.1 Å². The minimum absolute atomic E-state index is 0.137. The Labute approximate surface area is 244 Å². The van der Waals surface area contributed by atoms with E-state index < -0.39 is 18.0 Å². The molecule has 1 aliphatic heterocycles. The second-order valence-corrected chi connectivity index (χ2v) is 10.2. The zero-order valence-electron chi connectivity index (χ0n) is 23.4. The van der Waals surface area contributed by atoms with E-state index >= 15 is 0 Å². The Kier molecular flexibility index (Phi) is 8.12. The number of rotatable bonds is 9. The van der Waals surface area contributed by atoms with Gasteiger partial charge in [-0.15, -0.1) is 0 Å². The van der Waals surface area contributed by atoms with Crippen molar-refractivity contribution in [3.63, 3.8) is 0 Å². The molecular formula is C31H28N2O8S.